The van der Waals surface area contributed by atoms with Crippen LogP contribution in [0.25, 0.3) is 0 Å². The lowest BCUT2D eigenvalue weighted by Crippen LogP contribution is -2.20. The zero-order valence-electron chi connectivity index (χ0n) is 15.3. The van der Waals surface area contributed by atoms with E-state index in [-0.39, 0.29) is 6.10 Å². The number of aromatic nitrogens is 2. The molecule has 1 atom stereocenters. The molecule has 5 nitrogen and oxygen atoms in total. The number of hydrogen-bond donors (Lipinski definition) is 1. The van der Waals surface area contributed by atoms with Gasteiger partial charge >= 0.3 is 0 Å². The van der Waals surface area contributed by atoms with Gasteiger partial charge in [-0.15, -0.1) is 0 Å². The van der Waals surface area contributed by atoms with Crippen LogP contribution in [-0.2, 0) is 11.3 Å². The minimum atomic E-state index is 0.276. The molecule has 0 aliphatic carbocycles. The Labute approximate surface area is 160 Å². The molecule has 1 unspecified atom stereocenters. The monoisotopic (exact) mass is 360 g/mol. The smallest absolute Gasteiger partial charge is 0.138 e. The van der Waals surface area contributed by atoms with Crippen LogP contribution >= 0.6 is 0 Å². The molecule has 0 amide bonds. The minimum absolute atomic E-state index is 0.276. The van der Waals surface area contributed by atoms with Crippen LogP contribution in [0.3, 0.4) is 0 Å². The topological polar surface area (TPSA) is 50.3 Å². The maximum atomic E-state index is 5.68. The van der Waals surface area contributed by atoms with Crippen LogP contribution in [0.4, 0.5) is 17.3 Å². The SMILES string of the molecule is c1ccc(CN(c2ccccc2)c2cc(NCC3CCCO3)ncn2)cc1. The Morgan fingerprint density at radius 1 is 1.00 bits per heavy atom. The van der Waals surface area contributed by atoms with Crippen molar-refractivity contribution in [2.45, 2.75) is 25.5 Å². The van der Waals surface area contributed by atoms with Gasteiger partial charge in [0.2, 0.25) is 0 Å². The maximum Gasteiger partial charge on any atom is 0.138 e. The lowest BCUT2D eigenvalue weighted by atomic mass is 10.2. The Bertz CT molecular complexity index is 835. The van der Waals surface area contributed by atoms with Gasteiger partial charge in [-0.2, -0.15) is 0 Å². The zero-order valence-corrected chi connectivity index (χ0v) is 15.3. The Balaban J connectivity index is 1.56. The fourth-order valence-corrected chi connectivity index (χ4v) is 3.29. The van der Waals surface area contributed by atoms with Gasteiger partial charge in [-0.25, -0.2) is 9.97 Å². The van der Waals surface area contributed by atoms with Crippen molar-refractivity contribution < 1.29 is 4.74 Å². The van der Waals surface area contributed by atoms with Gasteiger partial charge in [0, 0.05) is 31.5 Å². The van der Waals surface area contributed by atoms with E-state index in [0.29, 0.717) is 0 Å². The van der Waals surface area contributed by atoms with Crippen LogP contribution in [-0.4, -0.2) is 29.2 Å². The largest absolute Gasteiger partial charge is 0.376 e. The first-order valence-electron chi connectivity index (χ1n) is 9.42. The van der Waals surface area contributed by atoms with E-state index in [1.54, 1.807) is 6.33 Å². The number of para-hydroxylation sites is 1. The van der Waals surface area contributed by atoms with Crippen molar-refractivity contribution in [3.63, 3.8) is 0 Å². The quantitative estimate of drug-likeness (QED) is 0.676. The van der Waals surface area contributed by atoms with E-state index in [1.807, 2.05) is 30.3 Å². The molecule has 0 bridgehead atoms. The van der Waals surface area contributed by atoms with Crippen LogP contribution in [0.5, 0.6) is 0 Å². The molecule has 1 aliphatic heterocycles. The molecule has 0 spiro atoms. The Hall–Kier alpha value is -2.92. The van der Waals surface area contributed by atoms with Gasteiger partial charge < -0.3 is 15.0 Å². The summed E-state index contributed by atoms with van der Waals surface area (Å²) < 4.78 is 5.68. The minimum Gasteiger partial charge on any atom is -0.376 e. The van der Waals surface area contributed by atoms with Gasteiger partial charge in [-0.3, -0.25) is 0 Å². The summed E-state index contributed by atoms with van der Waals surface area (Å²) >= 11 is 0. The van der Waals surface area contributed by atoms with Crippen molar-refractivity contribution >= 4 is 17.3 Å². The molecule has 3 aromatic rings. The average molecular weight is 360 g/mol. The molecular weight excluding hydrogens is 336 g/mol. The van der Waals surface area contributed by atoms with E-state index in [1.165, 1.54) is 5.56 Å². The molecule has 0 saturated carbocycles. The summed E-state index contributed by atoms with van der Waals surface area (Å²) in [6.07, 6.45) is 4.14. The summed E-state index contributed by atoms with van der Waals surface area (Å²) in [7, 11) is 0. The van der Waals surface area contributed by atoms with E-state index in [9.17, 15) is 0 Å². The molecule has 1 fully saturated rings. The summed E-state index contributed by atoms with van der Waals surface area (Å²) in [6, 6.07) is 22.8. The van der Waals surface area contributed by atoms with E-state index in [0.717, 1.165) is 49.9 Å². The van der Waals surface area contributed by atoms with Crippen molar-refractivity contribution in [2.24, 2.45) is 0 Å². The van der Waals surface area contributed by atoms with Crippen LogP contribution in [0.2, 0.25) is 0 Å². The molecule has 1 saturated heterocycles. The summed E-state index contributed by atoms with van der Waals surface area (Å²) in [4.78, 5) is 11.1. The lowest BCUT2D eigenvalue weighted by Gasteiger charge is -2.24. The highest BCUT2D eigenvalue weighted by Gasteiger charge is 2.16. The second kappa shape index (κ2) is 8.64. The molecule has 1 aromatic heterocycles. The highest BCUT2D eigenvalue weighted by molar-refractivity contribution is 5.62. The predicted octanol–water partition coefficient (Wildman–Crippen LogP) is 4.41. The average Bonchev–Trinajstić information content (AvgIpc) is 3.26. The second-order valence-corrected chi connectivity index (χ2v) is 6.68. The number of anilines is 3. The molecule has 1 N–H and O–H groups in total. The number of nitrogens with zero attached hydrogens (tertiary/aromatic N) is 3. The Morgan fingerprint density at radius 3 is 2.52 bits per heavy atom. The highest BCUT2D eigenvalue weighted by atomic mass is 16.5. The molecule has 1 aliphatic rings. The fraction of sp³-hybridized carbons (Fsp3) is 0.273. The van der Waals surface area contributed by atoms with Crippen LogP contribution < -0.4 is 10.2 Å². The lowest BCUT2D eigenvalue weighted by molar-refractivity contribution is 0.120. The molecule has 5 heteroatoms. The normalized spacial score (nSPS) is 16.2. The van der Waals surface area contributed by atoms with E-state index >= 15 is 0 Å². The molecule has 138 valence electrons. The fourth-order valence-electron chi connectivity index (χ4n) is 3.29. The Morgan fingerprint density at radius 2 is 1.78 bits per heavy atom. The van der Waals surface area contributed by atoms with E-state index < -0.39 is 0 Å². The first kappa shape index (κ1) is 17.5. The van der Waals surface area contributed by atoms with Crippen LogP contribution in [0, 0.1) is 0 Å². The van der Waals surface area contributed by atoms with Crippen molar-refractivity contribution in [2.75, 3.05) is 23.4 Å². The van der Waals surface area contributed by atoms with E-state index in [2.05, 4.69) is 56.6 Å². The summed E-state index contributed by atoms with van der Waals surface area (Å²) in [5.74, 6) is 1.69. The summed E-state index contributed by atoms with van der Waals surface area (Å²) in [5, 5.41) is 3.39. The van der Waals surface area contributed by atoms with Gasteiger partial charge in [0.15, 0.2) is 0 Å². The van der Waals surface area contributed by atoms with Gasteiger partial charge in [-0.1, -0.05) is 48.5 Å². The van der Waals surface area contributed by atoms with Gasteiger partial charge in [-0.05, 0) is 30.5 Å². The van der Waals surface area contributed by atoms with Crippen molar-refractivity contribution in [1.29, 1.82) is 0 Å². The number of hydrogen-bond acceptors (Lipinski definition) is 5. The third-order valence-electron chi connectivity index (χ3n) is 4.72. The van der Waals surface area contributed by atoms with Crippen molar-refractivity contribution in [3.8, 4) is 0 Å². The molecule has 2 aromatic carbocycles. The maximum absolute atomic E-state index is 5.68. The van der Waals surface area contributed by atoms with Crippen molar-refractivity contribution in [3.05, 3.63) is 78.6 Å². The van der Waals surface area contributed by atoms with Gasteiger partial charge in [0.1, 0.15) is 18.0 Å². The predicted molar refractivity (Wildman–Crippen MR) is 108 cm³/mol. The summed E-state index contributed by atoms with van der Waals surface area (Å²) in [6.45, 7) is 2.38. The summed E-state index contributed by atoms with van der Waals surface area (Å²) in [5.41, 5.74) is 2.33. The zero-order chi connectivity index (χ0) is 18.3. The third-order valence-corrected chi connectivity index (χ3v) is 4.72. The number of rotatable bonds is 7. The van der Waals surface area contributed by atoms with Crippen molar-refractivity contribution in [1.82, 2.24) is 9.97 Å². The second-order valence-electron chi connectivity index (χ2n) is 6.68. The molecule has 0 radical (unpaired) electrons. The Kier molecular flexibility index (Phi) is 5.60. The highest BCUT2D eigenvalue weighted by Crippen LogP contribution is 2.27. The molecule has 27 heavy (non-hydrogen) atoms. The first-order chi connectivity index (χ1) is 13.4. The van der Waals surface area contributed by atoms with Crippen LogP contribution in [0.1, 0.15) is 18.4 Å². The van der Waals surface area contributed by atoms with Gasteiger partial charge in [0.25, 0.3) is 0 Å². The standard InChI is InChI=1S/C22H24N4O/c1-3-8-18(9-4-1)16-26(19-10-5-2-6-11-19)22-14-21(24-17-25-22)23-15-20-12-7-13-27-20/h1-6,8-11,14,17,20H,7,12-13,15-16H2,(H,23,24,25). The third kappa shape index (κ3) is 4.63. The number of ether oxygens (including phenoxy) is 1. The first-order valence-corrected chi connectivity index (χ1v) is 9.42. The van der Waals surface area contributed by atoms with Crippen LogP contribution in [0.15, 0.2) is 73.1 Å². The van der Waals surface area contributed by atoms with Gasteiger partial charge in [0.05, 0.1) is 6.10 Å². The molecular formula is C22H24N4O. The number of benzene rings is 2. The molecule has 4 rings (SSSR count). The van der Waals surface area contributed by atoms with E-state index in [4.69, 9.17) is 4.74 Å². The molecule has 2 heterocycles. The number of nitrogens with one attached hydrogen (secondary N) is 1.